The molecule has 0 bridgehead atoms. The van der Waals surface area contributed by atoms with Gasteiger partial charge in [0.2, 0.25) is 0 Å². The van der Waals surface area contributed by atoms with Crippen molar-refractivity contribution in [3.05, 3.63) is 29.3 Å². The number of aromatic hydroxyl groups is 1. The Hall–Kier alpha value is -0.670. The molecule has 2 N–H and O–H groups in total. The summed E-state index contributed by atoms with van der Waals surface area (Å²) in [6.07, 6.45) is 3.93. The molecule has 100 valence electrons. The number of hydrogen-bond donors (Lipinski definition) is 2. The molecule has 0 aliphatic heterocycles. The third-order valence-corrected chi connectivity index (χ3v) is 4.95. The molecular formula is C15H23NOS. The first kappa shape index (κ1) is 13.8. The molecule has 1 fully saturated rings. The van der Waals surface area contributed by atoms with Gasteiger partial charge in [-0.05, 0) is 31.6 Å². The fourth-order valence-corrected chi connectivity index (χ4v) is 3.90. The highest BCUT2D eigenvalue weighted by atomic mass is 32.2. The Kier molecular flexibility index (Phi) is 4.95. The van der Waals surface area contributed by atoms with Gasteiger partial charge in [0.1, 0.15) is 5.75 Å². The van der Waals surface area contributed by atoms with Crippen molar-refractivity contribution in [1.82, 2.24) is 5.32 Å². The van der Waals surface area contributed by atoms with Crippen LogP contribution in [0.25, 0.3) is 0 Å². The number of rotatable bonds is 5. The Labute approximate surface area is 114 Å². The van der Waals surface area contributed by atoms with Crippen molar-refractivity contribution in [2.24, 2.45) is 0 Å². The highest BCUT2D eigenvalue weighted by Crippen LogP contribution is 2.30. The zero-order chi connectivity index (χ0) is 13.0. The normalized spacial score (nSPS) is 23.4. The molecule has 2 unspecified atom stereocenters. The quantitative estimate of drug-likeness (QED) is 0.855. The topological polar surface area (TPSA) is 32.3 Å². The average molecular weight is 265 g/mol. The molecule has 0 saturated heterocycles. The van der Waals surface area contributed by atoms with Gasteiger partial charge in [-0.2, -0.15) is 11.8 Å². The van der Waals surface area contributed by atoms with Crippen molar-refractivity contribution < 1.29 is 5.11 Å². The van der Waals surface area contributed by atoms with Crippen LogP contribution in [-0.2, 0) is 6.54 Å². The van der Waals surface area contributed by atoms with E-state index in [1.165, 1.54) is 30.6 Å². The molecule has 2 rings (SSSR count). The molecule has 1 aromatic rings. The van der Waals surface area contributed by atoms with Crippen molar-refractivity contribution in [3.8, 4) is 5.75 Å². The maximum atomic E-state index is 9.83. The minimum atomic E-state index is 0.408. The lowest BCUT2D eigenvalue weighted by Gasteiger charge is -2.20. The van der Waals surface area contributed by atoms with Crippen LogP contribution in [0.5, 0.6) is 5.75 Å². The number of aryl methyl sites for hydroxylation is 1. The van der Waals surface area contributed by atoms with Crippen molar-refractivity contribution in [3.63, 3.8) is 0 Å². The molecule has 2 atom stereocenters. The first-order valence-corrected chi connectivity index (χ1v) is 7.89. The van der Waals surface area contributed by atoms with Crippen molar-refractivity contribution in [1.29, 1.82) is 0 Å². The van der Waals surface area contributed by atoms with Crippen LogP contribution < -0.4 is 5.32 Å². The van der Waals surface area contributed by atoms with Crippen LogP contribution in [0, 0.1) is 6.92 Å². The highest BCUT2D eigenvalue weighted by molar-refractivity contribution is 7.99. The monoisotopic (exact) mass is 265 g/mol. The molecule has 3 heteroatoms. The first-order valence-electron chi connectivity index (χ1n) is 6.84. The van der Waals surface area contributed by atoms with Gasteiger partial charge < -0.3 is 10.4 Å². The molecule has 0 aromatic heterocycles. The zero-order valence-electron chi connectivity index (χ0n) is 11.3. The largest absolute Gasteiger partial charge is 0.508 e. The van der Waals surface area contributed by atoms with Gasteiger partial charge in [-0.15, -0.1) is 0 Å². The highest BCUT2D eigenvalue weighted by Gasteiger charge is 2.26. The van der Waals surface area contributed by atoms with Gasteiger partial charge >= 0.3 is 0 Å². The summed E-state index contributed by atoms with van der Waals surface area (Å²) in [5, 5.41) is 14.2. The average Bonchev–Trinajstić information content (AvgIpc) is 2.78. The lowest BCUT2D eigenvalue weighted by molar-refractivity contribution is 0.457. The van der Waals surface area contributed by atoms with Crippen molar-refractivity contribution >= 4 is 11.8 Å². The van der Waals surface area contributed by atoms with Crippen LogP contribution in [0.3, 0.4) is 0 Å². The SMILES string of the molecule is CCSC1CCCC1NCc1cc(C)ccc1O. The third-order valence-electron chi connectivity index (χ3n) is 3.62. The van der Waals surface area contributed by atoms with E-state index in [0.29, 0.717) is 11.8 Å². The van der Waals surface area contributed by atoms with Gasteiger partial charge in [-0.3, -0.25) is 0 Å². The summed E-state index contributed by atoms with van der Waals surface area (Å²) in [4.78, 5) is 0. The Morgan fingerprint density at radius 1 is 1.39 bits per heavy atom. The Bertz CT molecular complexity index is 394. The number of phenolic OH excluding ortho intramolecular Hbond substituents is 1. The van der Waals surface area contributed by atoms with Gasteiger partial charge in [0.25, 0.3) is 0 Å². The number of phenols is 1. The second-order valence-electron chi connectivity index (χ2n) is 5.04. The van der Waals surface area contributed by atoms with E-state index in [4.69, 9.17) is 0 Å². The lowest BCUT2D eigenvalue weighted by atomic mass is 10.1. The first-order chi connectivity index (χ1) is 8.70. The van der Waals surface area contributed by atoms with E-state index in [1.54, 1.807) is 6.07 Å². The molecule has 0 radical (unpaired) electrons. The van der Waals surface area contributed by atoms with Crippen molar-refractivity contribution in [2.45, 2.75) is 50.9 Å². The summed E-state index contributed by atoms with van der Waals surface area (Å²) < 4.78 is 0. The van der Waals surface area contributed by atoms with E-state index in [9.17, 15) is 5.11 Å². The minimum Gasteiger partial charge on any atom is -0.508 e. The van der Waals surface area contributed by atoms with Gasteiger partial charge in [0.05, 0.1) is 0 Å². The Morgan fingerprint density at radius 3 is 3.00 bits per heavy atom. The molecular weight excluding hydrogens is 242 g/mol. The summed E-state index contributed by atoms with van der Waals surface area (Å²) in [5.74, 6) is 1.60. The molecule has 1 aliphatic rings. The van der Waals surface area contributed by atoms with E-state index < -0.39 is 0 Å². The summed E-state index contributed by atoms with van der Waals surface area (Å²) in [5.41, 5.74) is 2.22. The minimum absolute atomic E-state index is 0.408. The maximum absolute atomic E-state index is 9.83. The molecule has 18 heavy (non-hydrogen) atoms. The van der Waals surface area contributed by atoms with Gasteiger partial charge in [-0.25, -0.2) is 0 Å². The predicted molar refractivity (Wildman–Crippen MR) is 79.2 cm³/mol. The van der Waals surface area contributed by atoms with Gasteiger partial charge in [0, 0.05) is 23.4 Å². The van der Waals surface area contributed by atoms with Crippen LogP contribution in [0.1, 0.15) is 37.3 Å². The Morgan fingerprint density at radius 2 is 2.22 bits per heavy atom. The van der Waals surface area contributed by atoms with E-state index in [1.807, 2.05) is 6.07 Å². The molecule has 0 heterocycles. The second kappa shape index (κ2) is 6.48. The fourth-order valence-electron chi connectivity index (χ4n) is 2.67. The summed E-state index contributed by atoms with van der Waals surface area (Å²) in [6, 6.07) is 6.41. The zero-order valence-corrected chi connectivity index (χ0v) is 12.1. The third kappa shape index (κ3) is 3.42. The molecule has 1 aliphatic carbocycles. The summed E-state index contributed by atoms with van der Waals surface area (Å²) in [7, 11) is 0. The second-order valence-corrected chi connectivity index (χ2v) is 6.56. The van der Waals surface area contributed by atoms with E-state index in [0.717, 1.165) is 17.4 Å². The molecule has 1 aromatic carbocycles. The molecule has 0 amide bonds. The predicted octanol–water partition coefficient (Wildman–Crippen LogP) is 3.46. The van der Waals surface area contributed by atoms with Crippen LogP contribution in [0.4, 0.5) is 0 Å². The smallest absolute Gasteiger partial charge is 0.120 e. The van der Waals surface area contributed by atoms with Crippen LogP contribution in [0.15, 0.2) is 18.2 Å². The fraction of sp³-hybridized carbons (Fsp3) is 0.600. The van der Waals surface area contributed by atoms with E-state index in [-0.39, 0.29) is 0 Å². The van der Waals surface area contributed by atoms with Crippen LogP contribution >= 0.6 is 11.8 Å². The van der Waals surface area contributed by atoms with Crippen LogP contribution in [0.2, 0.25) is 0 Å². The maximum Gasteiger partial charge on any atom is 0.120 e. The van der Waals surface area contributed by atoms with Crippen LogP contribution in [-0.4, -0.2) is 22.2 Å². The van der Waals surface area contributed by atoms with Gasteiger partial charge in [0.15, 0.2) is 0 Å². The van der Waals surface area contributed by atoms with Gasteiger partial charge in [-0.1, -0.05) is 31.0 Å². The molecule has 1 saturated carbocycles. The lowest BCUT2D eigenvalue weighted by Crippen LogP contribution is -2.33. The standard InChI is InChI=1S/C15H23NOS/c1-3-18-15-6-4-5-13(15)16-10-12-9-11(2)7-8-14(12)17/h7-9,13,15-17H,3-6,10H2,1-2H3. The number of benzene rings is 1. The summed E-state index contributed by atoms with van der Waals surface area (Å²) in [6.45, 7) is 5.07. The molecule has 0 spiro atoms. The number of hydrogen-bond acceptors (Lipinski definition) is 3. The van der Waals surface area contributed by atoms with E-state index in [2.05, 4.69) is 37.0 Å². The molecule has 2 nitrogen and oxygen atoms in total. The number of thioether (sulfide) groups is 1. The van der Waals surface area contributed by atoms with Crippen molar-refractivity contribution in [2.75, 3.05) is 5.75 Å². The number of nitrogens with one attached hydrogen (secondary N) is 1. The summed E-state index contributed by atoms with van der Waals surface area (Å²) >= 11 is 2.06. The van der Waals surface area contributed by atoms with E-state index >= 15 is 0 Å². The Balaban J connectivity index is 1.92.